The first-order valence-corrected chi connectivity index (χ1v) is 9.98. The molecule has 0 saturated carbocycles. The molecular weight excluding hydrogens is 360 g/mol. The van der Waals surface area contributed by atoms with Crippen molar-refractivity contribution in [2.45, 2.75) is 24.5 Å². The van der Waals surface area contributed by atoms with Gasteiger partial charge in [0.2, 0.25) is 0 Å². The van der Waals surface area contributed by atoms with Gasteiger partial charge in [0.1, 0.15) is 4.21 Å². The molecule has 0 amide bonds. The number of halogens is 1. The van der Waals surface area contributed by atoms with E-state index in [-0.39, 0.29) is 0 Å². The monoisotopic (exact) mass is 380 g/mol. The Kier molecular flexibility index (Phi) is 5.64. The zero-order chi connectivity index (χ0) is 14.8. The van der Waals surface area contributed by atoms with E-state index in [0.29, 0.717) is 27.7 Å². The highest BCUT2D eigenvalue weighted by atomic mass is 79.9. The van der Waals surface area contributed by atoms with Crippen LogP contribution < -0.4 is 0 Å². The largest absolute Gasteiger partial charge is 0.301 e. The first-order chi connectivity index (χ1) is 9.41. The molecule has 0 aromatic carbocycles. The summed E-state index contributed by atoms with van der Waals surface area (Å²) in [4.78, 5) is 2.36. The normalized spacial score (nSPS) is 18.8. The van der Waals surface area contributed by atoms with Gasteiger partial charge in [-0.15, -0.1) is 11.3 Å². The third-order valence-corrected chi connectivity index (χ3v) is 8.06. The molecule has 4 nitrogen and oxygen atoms in total. The van der Waals surface area contributed by atoms with Gasteiger partial charge in [0, 0.05) is 30.7 Å². The molecule has 0 spiro atoms. The fraction of sp³-hybridized carbons (Fsp3) is 0.692. The Morgan fingerprint density at radius 1 is 1.30 bits per heavy atom. The molecule has 0 radical (unpaired) electrons. The van der Waals surface area contributed by atoms with E-state index in [0.717, 1.165) is 19.6 Å². The predicted octanol–water partition coefficient (Wildman–Crippen LogP) is 2.86. The van der Waals surface area contributed by atoms with Crippen LogP contribution in [0.5, 0.6) is 0 Å². The summed E-state index contributed by atoms with van der Waals surface area (Å²) >= 11 is 4.59. The molecule has 7 heteroatoms. The zero-order valence-electron chi connectivity index (χ0n) is 11.9. The molecule has 1 aromatic rings. The van der Waals surface area contributed by atoms with Crippen molar-refractivity contribution < 1.29 is 8.42 Å². The number of piperazine rings is 1. The molecule has 1 aliphatic rings. The van der Waals surface area contributed by atoms with E-state index in [1.807, 2.05) is 0 Å². The van der Waals surface area contributed by atoms with E-state index in [4.69, 9.17) is 0 Å². The Morgan fingerprint density at radius 3 is 2.45 bits per heavy atom. The molecule has 0 bridgehead atoms. The van der Waals surface area contributed by atoms with Crippen LogP contribution in [-0.2, 0) is 10.0 Å². The van der Waals surface area contributed by atoms with Gasteiger partial charge in [0.05, 0.1) is 0 Å². The van der Waals surface area contributed by atoms with E-state index < -0.39 is 10.0 Å². The van der Waals surface area contributed by atoms with Gasteiger partial charge < -0.3 is 4.90 Å². The standard InChI is InChI=1S/C13H21BrN2O2S2/c1-11(2)3-5-15-6-8-16(9-7-15)20(17,18)13-12(14)4-10-19-13/h4,10-11H,3,5-9H2,1-2H3. The maximum Gasteiger partial charge on any atom is 0.253 e. The summed E-state index contributed by atoms with van der Waals surface area (Å²) in [5.41, 5.74) is 0. The van der Waals surface area contributed by atoms with Crippen LogP contribution >= 0.6 is 27.3 Å². The first-order valence-electron chi connectivity index (χ1n) is 6.86. The van der Waals surface area contributed by atoms with E-state index >= 15 is 0 Å². The van der Waals surface area contributed by atoms with Crippen LogP contribution in [-0.4, -0.2) is 50.3 Å². The lowest BCUT2D eigenvalue weighted by atomic mass is 10.1. The van der Waals surface area contributed by atoms with Crippen LogP contribution in [0.3, 0.4) is 0 Å². The Balaban J connectivity index is 1.95. The van der Waals surface area contributed by atoms with Crippen LogP contribution in [0.15, 0.2) is 20.1 Å². The summed E-state index contributed by atoms with van der Waals surface area (Å²) in [5, 5.41) is 1.80. The van der Waals surface area contributed by atoms with Gasteiger partial charge >= 0.3 is 0 Å². The minimum atomic E-state index is -3.33. The van der Waals surface area contributed by atoms with E-state index in [9.17, 15) is 8.42 Å². The molecule has 1 fully saturated rings. The summed E-state index contributed by atoms with van der Waals surface area (Å²) in [5.74, 6) is 0.693. The highest BCUT2D eigenvalue weighted by Crippen LogP contribution is 2.30. The fourth-order valence-electron chi connectivity index (χ4n) is 2.22. The first kappa shape index (κ1) is 16.4. The molecule has 0 aliphatic carbocycles. The van der Waals surface area contributed by atoms with Crippen molar-refractivity contribution in [3.63, 3.8) is 0 Å². The van der Waals surface area contributed by atoms with Crippen LogP contribution in [0.25, 0.3) is 0 Å². The average Bonchev–Trinajstić information content (AvgIpc) is 2.84. The van der Waals surface area contributed by atoms with Crippen LogP contribution in [0.1, 0.15) is 20.3 Å². The smallest absolute Gasteiger partial charge is 0.253 e. The number of thiophene rings is 1. The summed E-state index contributed by atoms with van der Waals surface area (Å²) < 4.78 is 27.8. The van der Waals surface area contributed by atoms with Crippen LogP contribution in [0, 0.1) is 5.92 Å². The molecule has 1 aromatic heterocycles. The SMILES string of the molecule is CC(C)CCN1CCN(S(=O)(=O)c2sccc2Br)CC1. The highest BCUT2D eigenvalue weighted by Gasteiger charge is 2.30. The van der Waals surface area contributed by atoms with E-state index in [1.165, 1.54) is 17.8 Å². The molecule has 0 atom stereocenters. The van der Waals surface area contributed by atoms with E-state index in [2.05, 4.69) is 34.7 Å². The third kappa shape index (κ3) is 3.82. The van der Waals surface area contributed by atoms with E-state index in [1.54, 1.807) is 15.8 Å². The van der Waals surface area contributed by atoms with Gasteiger partial charge in [-0.25, -0.2) is 8.42 Å². The summed E-state index contributed by atoms with van der Waals surface area (Å²) in [7, 11) is -3.33. The third-order valence-electron chi connectivity index (χ3n) is 3.51. The fourth-order valence-corrected chi connectivity index (χ4v) is 6.09. The van der Waals surface area contributed by atoms with Crippen LogP contribution in [0.2, 0.25) is 0 Å². The molecule has 0 N–H and O–H groups in total. The molecule has 1 saturated heterocycles. The van der Waals surface area contributed by atoms with Gasteiger partial charge in [-0.05, 0) is 46.3 Å². The zero-order valence-corrected chi connectivity index (χ0v) is 15.1. The van der Waals surface area contributed by atoms with Crippen molar-refractivity contribution in [3.05, 3.63) is 15.9 Å². The van der Waals surface area contributed by atoms with Gasteiger partial charge in [0.25, 0.3) is 10.0 Å². The number of sulfonamides is 1. The second-order valence-corrected chi connectivity index (χ2v) is 9.39. The average molecular weight is 381 g/mol. The Hall–Kier alpha value is 0.0500. The quantitative estimate of drug-likeness (QED) is 0.788. The van der Waals surface area contributed by atoms with Crippen molar-refractivity contribution in [1.29, 1.82) is 0 Å². The van der Waals surface area contributed by atoms with Gasteiger partial charge in [-0.1, -0.05) is 13.8 Å². The highest BCUT2D eigenvalue weighted by molar-refractivity contribution is 9.10. The molecule has 1 aliphatic heterocycles. The molecule has 2 heterocycles. The lowest BCUT2D eigenvalue weighted by Gasteiger charge is -2.34. The molecule has 114 valence electrons. The number of hydrogen-bond donors (Lipinski definition) is 0. The minimum absolute atomic E-state index is 0.424. The van der Waals surface area contributed by atoms with Crippen molar-refractivity contribution in [2.24, 2.45) is 5.92 Å². The predicted molar refractivity (Wildman–Crippen MR) is 86.7 cm³/mol. The molecule has 0 unspecified atom stereocenters. The molecule has 2 rings (SSSR count). The summed E-state index contributed by atoms with van der Waals surface area (Å²) in [6, 6.07) is 1.79. The minimum Gasteiger partial charge on any atom is -0.301 e. The maximum atomic E-state index is 12.5. The molecule has 20 heavy (non-hydrogen) atoms. The second kappa shape index (κ2) is 6.87. The van der Waals surface area contributed by atoms with Gasteiger partial charge in [-0.2, -0.15) is 4.31 Å². The lowest BCUT2D eigenvalue weighted by molar-refractivity contribution is 0.181. The summed E-state index contributed by atoms with van der Waals surface area (Å²) in [6.45, 7) is 8.33. The van der Waals surface area contributed by atoms with Crippen molar-refractivity contribution in [2.75, 3.05) is 32.7 Å². The van der Waals surface area contributed by atoms with Crippen molar-refractivity contribution in [1.82, 2.24) is 9.21 Å². The number of nitrogens with zero attached hydrogens (tertiary/aromatic N) is 2. The summed E-state index contributed by atoms with van der Waals surface area (Å²) in [6.07, 6.45) is 1.17. The second-order valence-electron chi connectivity index (χ2n) is 5.48. The Morgan fingerprint density at radius 2 is 1.95 bits per heavy atom. The van der Waals surface area contributed by atoms with Gasteiger partial charge in [-0.3, -0.25) is 0 Å². The maximum absolute atomic E-state index is 12.5. The topological polar surface area (TPSA) is 40.6 Å². The van der Waals surface area contributed by atoms with Gasteiger partial charge in [0.15, 0.2) is 0 Å². The lowest BCUT2D eigenvalue weighted by Crippen LogP contribution is -2.48. The Labute approximate surface area is 133 Å². The van der Waals surface area contributed by atoms with Crippen molar-refractivity contribution >= 4 is 37.3 Å². The molecular formula is C13H21BrN2O2S2. The number of rotatable bonds is 5. The van der Waals surface area contributed by atoms with Crippen molar-refractivity contribution in [3.8, 4) is 0 Å². The van der Waals surface area contributed by atoms with Crippen LogP contribution in [0.4, 0.5) is 0 Å². The Bertz CT molecular complexity index is 534. The number of hydrogen-bond acceptors (Lipinski definition) is 4.